The van der Waals surface area contributed by atoms with E-state index in [2.05, 4.69) is 23.3 Å². The third-order valence-electron chi connectivity index (χ3n) is 3.85. The van der Waals surface area contributed by atoms with E-state index < -0.39 is 0 Å². The number of hydrogen-bond donors (Lipinski definition) is 2. The van der Waals surface area contributed by atoms with Crippen LogP contribution in [0.15, 0.2) is 18.3 Å². The summed E-state index contributed by atoms with van der Waals surface area (Å²) in [6.45, 7) is 2.34. The van der Waals surface area contributed by atoms with Crippen molar-refractivity contribution in [3.63, 3.8) is 0 Å². The van der Waals surface area contributed by atoms with E-state index in [1.54, 1.807) is 12.3 Å². The molecule has 0 radical (unpaired) electrons. The van der Waals surface area contributed by atoms with Crippen molar-refractivity contribution in [3.05, 3.63) is 24.0 Å². The minimum Gasteiger partial charge on any atom is -0.394 e. The molecule has 1 aromatic rings. The van der Waals surface area contributed by atoms with Gasteiger partial charge in [0.25, 0.3) is 0 Å². The monoisotopic (exact) mass is 245 g/mol. The summed E-state index contributed by atoms with van der Waals surface area (Å²) in [7, 11) is 0. The summed E-state index contributed by atoms with van der Waals surface area (Å²) in [4.78, 5) is 4.04. The predicted molar refractivity (Wildman–Crippen MR) is 70.0 cm³/mol. The van der Waals surface area contributed by atoms with Gasteiger partial charge in [-0.3, -0.25) is 0 Å². The highest BCUT2D eigenvalue weighted by Crippen LogP contribution is 2.34. The van der Waals surface area contributed by atoms with Crippen LogP contribution in [-0.4, -0.2) is 22.2 Å². The van der Waals surface area contributed by atoms with E-state index >= 15 is 0 Å². The summed E-state index contributed by atoms with van der Waals surface area (Å²) < 4.78 is 0. The first-order chi connectivity index (χ1) is 8.69. The van der Waals surface area contributed by atoms with Crippen molar-refractivity contribution in [2.75, 3.05) is 11.9 Å². The highest BCUT2D eigenvalue weighted by atomic mass is 16.3. The van der Waals surface area contributed by atoms with Crippen LogP contribution in [-0.2, 0) is 0 Å². The van der Waals surface area contributed by atoms with Crippen molar-refractivity contribution < 1.29 is 5.11 Å². The van der Waals surface area contributed by atoms with Crippen molar-refractivity contribution in [2.45, 2.75) is 38.1 Å². The van der Waals surface area contributed by atoms with Gasteiger partial charge in [0.15, 0.2) is 5.69 Å². The summed E-state index contributed by atoms with van der Waals surface area (Å²) >= 11 is 0. The summed E-state index contributed by atoms with van der Waals surface area (Å²) in [6.07, 6.45) is 5.69. The number of aliphatic hydroxyl groups excluding tert-OH is 1. The van der Waals surface area contributed by atoms with Crippen LogP contribution >= 0.6 is 0 Å². The van der Waals surface area contributed by atoms with Gasteiger partial charge in [-0.1, -0.05) is 6.92 Å². The fourth-order valence-corrected chi connectivity index (χ4v) is 2.52. The Morgan fingerprint density at radius 1 is 1.56 bits per heavy atom. The molecule has 0 saturated heterocycles. The van der Waals surface area contributed by atoms with Gasteiger partial charge in [0.05, 0.1) is 17.8 Å². The molecule has 4 nitrogen and oxygen atoms in total. The Kier molecular flexibility index (Phi) is 3.83. The number of pyridine rings is 1. The van der Waals surface area contributed by atoms with E-state index in [1.807, 2.05) is 6.07 Å². The molecule has 0 atom stereocenters. The van der Waals surface area contributed by atoms with E-state index in [9.17, 15) is 5.11 Å². The molecule has 0 unspecified atom stereocenters. The third kappa shape index (κ3) is 2.62. The van der Waals surface area contributed by atoms with Crippen molar-refractivity contribution in [2.24, 2.45) is 5.92 Å². The van der Waals surface area contributed by atoms with Crippen molar-refractivity contribution in [3.8, 4) is 6.07 Å². The molecule has 1 heterocycles. The van der Waals surface area contributed by atoms with E-state index in [1.165, 1.54) is 0 Å². The van der Waals surface area contributed by atoms with Crippen LogP contribution in [0.5, 0.6) is 0 Å². The van der Waals surface area contributed by atoms with Gasteiger partial charge in [0, 0.05) is 6.20 Å². The lowest BCUT2D eigenvalue weighted by Gasteiger charge is -2.39. The summed E-state index contributed by atoms with van der Waals surface area (Å²) in [5, 5.41) is 22.1. The SMILES string of the molecule is CC1CCC(CO)(Nc2cccnc2C#N)CC1. The van der Waals surface area contributed by atoms with E-state index in [0.717, 1.165) is 37.3 Å². The molecule has 1 aromatic heterocycles. The van der Waals surface area contributed by atoms with E-state index in [4.69, 9.17) is 5.26 Å². The zero-order valence-electron chi connectivity index (χ0n) is 10.7. The van der Waals surface area contributed by atoms with Gasteiger partial charge < -0.3 is 10.4 Å². The van der Waals surface area contributed by atoms with Crippen LogP contribution in [0.1, 0.15) is 38.3 Å². The zero-order chi connectivity index (χ0) is 13.0. The van der Waals surface area contributed by atoms with Crippen LogP contribution in [0.4, 0.5) is 5.69 Å². The first kappa shape index (κ1) is 12.8. The largest absolute Gasteiger partial charge is 0.394 e. The molecule has 0 spiro atoms. The van der Waals surface area contributed by atoms with Crippen molar-refractivity contribution in [1.82, 2.24) is 4.98 Å². The highest BCUT2D eigenvalue weighted by Gasteiger charge is 2.34. The maximum absolute atomic E-state index is 9.69. The lowest BCUT2D eigenvalue weighted by molar-refractivity contribution is 0.155. The molecule has 0 aromatic carbocycles. The Morgan fingerprint density at radius 2 is 2.28 bits per heavy atom. The molecule has 2 rings (SSSR count). The van der Waals surface area contributed by atoms with Crippen LogP contribution in [0.2, 0.25) is 0 Å². The smallest absolute Gasteiger partial charge is 0.163 e. The number of nitriles is 1. The summed E-state index contributed by atoms with van der Waals surface area (Å²) in [5.74, 6) is 0.718. The normalized spacial score (nSPS) is 27.5. The van der Waals surface area contributed by atoms with Crippen LogP contribution in [0, 0.1) is 17.2 Å². The highest BCUT2D eigenvalue weighted by molar-refractivity contribution is 5.55. The van der Waals surface area contributed by atoms with Crippen LogP contribution in [0.25, 0.3) is 0 Å². The lowest BCUT2D eigenvalue weighted by atomic mass is 9.77. The van der Waals surface area contributed by atoms with Crippen molar-refractivity contribution >= 4 is 5.69 Å². The van der Waals surface area contributed by atoms with E-state index in [0.29, 0.717) is 5.69 Å². The standard InChI is InChI=1S/C14H19N3O/c1-11-4-6-14(10-18,7-5-11)17-12-3-2-8-16-13(12)9-15/h2-3,8,11,17-18H,4-7,10H2,1H3. The average Bonchev–Trinajstić information content (AvgIpc) is 2.42. The molecule has 0 bridgehead atoms. The minimum atomic E-state index is -0.291. The number of hydrogen-bond acceptors (Lipinski definition) is 4. The number of aliphatic hydroxyl groups is 1. The molecule has 18 heavy (non-hydrogen) atoms. The Balaban J connectivity index is 2.18. The van der Waals surface area contributed by atoms with Gasteiger partial charge in [-0.25, -0.2) is 4.98 Å². The molecule has 1 saturated carbocycles. The van der Waals surface area contributed by atoms with E-state index in [-0.39, 0.29) is 12.1 Å². The maximum atomic E-state index is 9.69. The van der Waals surface area contributed by atoms with Gasteiger partial charge >= 0.3 is 0 Å². The van der Waals surface area contributed by atoms with Crippen LogP contribution < -0.4 is 5.32 Å². The molecule has 0 aliphatic heterocycles. The van der Waals surface area contributed by atoms with Gasteiger partial charge in [0.1, 0.15) is 6.07 Å². The molecule has 4 heteroatoms. The lowest BCUT2D eigenvalue weighted by Crippen LogP contribution is -2.45. The second-order valence-electron chi connectivity index (χ2n) is 5.26. The second-order valence-corrected chi connectivity index (χ2v) is 5.26. The number of nitrogens with zero attached hydrogens (tertiary/aromatic N) is 2. The molecule has 1 fully saturated rings. The molecular weight excluding hydrogens is 226 g/mol. The first-order valence-corrected chi connectivity index (χ1v) is 6.43. The van der Waals surface area contributed by atoms with Crippen molar-refractivity contribution in [1.29, 1.82) is 5.26 Å². The second kappa shape index (κ2) is 5.36. The predicted octanol–water partition coefficient (Wildman–Crippen LogP) is 2.31. The number of rotatable bonds is 3. The molecule has 1 aliphatic rings. The maximum Gasteiger partial charge on any atom is 0.163 e. The fourth-order valence-electron chi connectivity index (χ4n) is 2.52. The molecule has 96 valence electrons. The van der Waals surface area contributed by atoms with Gasteiger partial charge in [0.2, 0.25) is 0 Å². The fraction of sp³-hybridized carbons (Fsp3) is 0.571. The number of anilines is 1. The zero-order valence-corrected chi connectivity index (χ0v) is 10.7. The molecule has 2 N–H and O–H groups in total. The topological polar surface area (TPSA) is 68.9 Å². The Morgan fingerprint density at radius 3 is 2.89 bits per heavy atom. The van der Waals surface area contributed by atoms with Gasteiger partial charge in [-0.15, -0.1) is 0 Å². The number of nitrogens with one attached hydrogen (secondary N) is 1. The minimum absolute atomic E-state index is 0.0967. The number of aromatic nitrogens is 1. The van der Waals surface area contributed by atoms with Gasteiger partial charge in [-0.05, 0) is 43.7 Å². The Hall–Kier alpha value is -1.60. The average molecular weight is 245 g/mol. The molecular formula is C14H19N3O. The molecule has 1 aliphatic carbocycles. The summed E-state index contributed by atoms with van der Waals surface area (Å²) in [5.41, 5.74) is 0.828. The first-order valence-electron chi connectivity index (χ1n) is 6.43. The van der Waals surface area contributed by atoms with Crippen LogP contribution in [0.3, 0.4) is 0 Å². The Labute approximate surface area is 108 Å². The van der Waals surface area contributed by atoms with Gasteiger partial charge in [-0.2, -0.15) is 5.26 Å². The quantitative estimate of drug-likeness (QED) is 0.857. The Bertz CT molecular complexity index is 445. The molecule has 0 amide bonds. The third-order valence-corrected chi connectivity index (χ3v) is 3.85. The summed E-state index contributed by atoms with van der Waals surface area (Å²) in [6, 6.07) is 5.73.